The van der Waals surface area contributed by atoms with Gasteiger partial charge >= 0.3 is 0 Å². The van der Waals surface area contributed by atoms with Gasteiger partial charge < -0.3 is 18.6 Å². The third kappa shape index (κ3) is 7.02. The van der Waals surface area contributed by atoms with Gasteiger partial charge in [0.05, 0.1) is 22.7 Å². The number of hydrogen-bond donors (Lipinski definition) is 0. The topological polar surface area (TPSA) is 32.8 Å². The average molecular weight is 1030 g/mol. The Labute approximate surface area is 462 Å². The van der Waals surface area contributed by atoms with E-state index in [1.54, 1.807) is 0 Å². The highest BCUT2D eigenvalue weighted by Gasteiger charge is 2.26. The third-order valence-corrected chi connectivity index (χ3v) is 16.9. The maximum atomic E-state index is 6.77. The van der Waals surface area contributed by atoms with Crippen molar-refractivity contribution < 1.29 is 8.83 Å². The number of fused-ring (bicyclic) bond motifs is 8. The summed E-state index contributed by atoms with van der Waals surface area (Å²) in [4.78, 5) is 4.96. The van der Waals surface area contributed by atoms with E-state index in [0.717, 1.165) is 100 Å². The van der Waals surface area contributed by atoms with Crippen molar-refractivity contribution in [3.8, 4) is 22.3 Å². The molecule has 0 aliphatic rings. The van der Waals surface area contributed by atoms with Gasteiger partial charge in [-0.05, 0) is 189 Å². The number of para-hydroxylation sites is 4. The standard InChI is InChI=1S/C76H52N2O2/c1-45-37-55(59-25-15-27-61-65-41-51-17-11-13-19-53(51)43-69(65)79-75(59)61)38-46(2)73(45)77(57-21-7-5-8-22-57)67-35-31-49-30-34-64-68(36-32-50-29-33-63(67)71(49)72(50)64)78(58-23-9-6-10-24-58)74-47(3)39-56(40-48(74)4)60-26-16-28-62-66-42-52-18-12-14-20-54(52)44-70(66)80-76(60)62/h5-44H,1-4H3. The van der Waals surface area contributed by atoms with Crippen molar-refractivity contribution in [2.75, 3.05) is 9.80 Å². The Morgan fingerprint density at radius 2 is 0.637 bits per heavy atom. The highest BCUT2D eigenvalue weighted by molar-refractivity contribution is 6.28. The van der Waals surface area contributed by atoms with Gasteiger partial charge in [-0.25, -0.2) is 0 Å². The summed E-state index contributed by atoms with van der Waals surface area (Å²) in [5, 5.41) is 16.6. The summed E-state index contributed by atoms with van der Waals surface area (Å²) >= 11 is 0. The van der Waals surface area contributed by atoms with Crippen molar-refractivity contribution in [1.29, 1.82) is 0 Å². The summed E-state index contributed by atoms with van der Waals surface area (Å²) in [7, 11) is 0. The fraction of sp³-hybridized carbons (Fsp3) is 0.0526. The van der Waals surface area contributed by atoms with Gasteiger partial charge in [0.1, 0.15) is 22.3 Å². The number of furan rings is 2. The number of benzene rings is 14. The van der Waals surface area contributed by atoms with Crippen LogP contribution in [0.15, 0.2) is 251 Å². The monoisotopic (exact) mass is 1020 g/mol. The molecule has 2 heterocycles. The number of rotatable bonds is 8. The molecule has 378 valence electrons. The average Bonchev–Trinajstić information content (AvgIpc) is 4.09. The van der Waals surface area contributed by atoms with E-state index in [9.17, 15) is 0 Å². The first-order valence-electron chi connectivity index (χ1n) is 27.6. The van der Waals surface area contributed by atoms with E-state index in [4.69, 9.17) is 8.83 Å². The van der Waals surface area contributed by atoms with Crippen molar-refractivity contribution in [3.63, 3.8) is 0 Å². The largest absolute Gasteiger partial charge is 0.455 e. The lowest BCUT2D eigenvalue weighted by atomic mass is 9.91. The van der Waals surface area contributed by atoms with Crippen molar-refractivity contribution in [2.24, 2.45) is 0 Å². The van der Waals surface area contributed by atoms with Gasteiger partial charge in [0, 0.05) is 54.8 Å². The molecule has 0 fully saturated rings. The zero-order valence-electron chi connectivity index (χ0n) is 44.8. The van der Waals surface area contributed by atoms with Crippen molar-refractivity contribution in [1.82, 2.24) is 0 Å². The second kappa shape index (κ2) is 17.7. The quantitative estimate of drug-likeness (QED) is 0.142. The van der Waals surface area contributed by atoms with Crippen LogP contribution in [0, 0.1) is 27.7 Å². The summed E-state index contributed by atoms with van der Waals surface area (Å²) in [5.74, 6) is 0. The molecule has 4 nitrogen and oxygen atoms in total. The third-order valence-electron chi connectivity index (χ3n) is 16.9. The number of aryl methyl sites for hydroxylation is 4. The summed E-state index contributed by atoms with van der Waals surface area (Å²) in [6, 6.07) is 88.7. The van der Waals surface area contributed by atoms with E-state index < -0.39 is 0 Å². The van der Waals surface area contributed by atoms with Gasteiger partial charge in [-0.2, -0.15) is 0 Å². The molecule has 0 atom stereocenters. The normalized spacial score (nSPS) is 12.0. The Morgan fingerprint density at radius 1 is 0.275 bits per heavy atom. The van der Waals surface area contributed by atoms with Crippen LogP contribution in [0.4, 0.5) is 34.1 Å². The molecule has 14 aromatic carbocycles. The molecule has 0 unspecified atom stereocenters. The Balaban J connectivity index is 0.844. The molecule has 0 radical (unpaired) electrons. The summed E-state index contributed by atoms with van der Waals surface area (Å²) in [6.45, 7) is 9.02. The Bertz CT molecular complexity index is 4810. The molecule has 2 aromatic heterocycles. The summed E-state index contributed by atoms with van der Waals surface area (Å²) < 4.78 is 13.5. The molecule has 4 heteroatoms. The van der Waals surface area contributed by atoms with Crippen LogP contribution in [0.3, 0.4) is 0 Å². The van der Waals surface area contributed by atoms with E-state index in [1.165, 1.54) is 76.1 Å². The molecule has 0 aliphatic heterocycles. The fourth-order valence-corrected chi connectivity index (χ4v) is 13.4. The van der Waals surface area contributed by atoms with Gasteiger partial charge in [0.25, 0.3) is 0 Å². The molecule has 0 bridgehead atoms. The van der Waals surface area contributed by atoms with Crippen LogP contribution >= 0.6 is 0 Å². The first-order valence-corrected chi connectivity index (χ1v) is 27.6. The Morgan fingerprint density at radius 3 is 1.04 bits per heavy atom. The van der Waals surface area contributed by atoms with Crippen molar-refractivity contribution in [2.45, 2.75) is 27.7 Å². The summed E-state index contributed by atoms with van der Waals surface area (Å²) in [5.41, 5.74) is 19.6. The molecule has 0 saturated heterocycles. The van der Waals surface area contributed by atoms with Gasteiger partial charge in [-0.1, -0.05) is 158 Å². The van der Waals surface area contributed by atoms with Crippen LogP contribution < -0.4 is 9.80 Å². The van der Waals surface area contributed by atoms with Gasteiger partial charge in [-0.15, -0.1) is 0 Å². The van der Waals surface area contributed by atoms with E-state index in [0.29, 0.717) is 0 Å². The smallest absolute Gasteiger partial charge is 0.143 e. The minimum absolute atomic E-state index is 0.905. The van der Waals surface area contributed by atoms with Gasteiger partial charge in [0.2, 0.25) is 0 Å². The highest BCUT2D eigenvalue weighted by Crippen LogP contribution is 2.51. The van der Waals surface area contributed by atoms with E-state index >= 15 is 0 Å². The molecule has 0 N–H and O–H groups in total. The Kier molecular flexibility index (Phi) is 10.2. The lowest BCUT2D eigenvalue weighted by Crippen LogP contribution is -2.14. The lowest BCUT2D eigenvalue weighted by Gasteiger charge is -2.32. The molecule has 0 spiro atoms. The van der Waals surface area contributed by atoms with Crippen LogP contribution in [0.1, 0.15) is 22.3 Å². The molecule has 0 amide bonds. The predicted molar refractivity (Wildman–Crippen MR) is 339 cm³/mol. The van der Waals surface area contributed by atoms with Crippen LogP contribution in [0.25, 0.3) is 120 Å². The van der Waals surface area contributed by atoms with Gasteiger partial charge in [-0.3, -0.25) is 0 Å². The molecule has 80 heavy (non-hydrogen) atoms. The molecular formula is C76H52N2O2. The van der Waals surface area contributed by atoms with E-state index in [1.807, 2.05) is 0 Å². The predicted octanol–water partition coefficient (Wildman–Crippen LogP) is 22.2. The second-order valence-corrected chi connectivity index (χ2v) is 21.8. The van der Waals surface area contributed by atoms with E-state index in [-0.39, 0.29) is 0 Å². The minimum atomic E-state index is 0.905. The number of nitrogens with zero attached hydrogens (tertiary/aromatic N) is 2. The zero-order valence-corrected chi connectivity index (χ0v) is 44.8. The van der Waals surface area contributed by atoms with Crippen LogP contribution in [0.5, 0.6) is 0 Å². The fourth-order valence-electron chi connectivity index (χ4n) is 13.4. The molecule has 16 aromatic rings. The Hall–Kier alpha value is -10.2. The van der Waals surface area contributed by atoms with E-state index in [2.05, 4.69) is 280 Å². The second-order valence-electron chi connectivity index (χ2n) is 21.8. The molecule has 0 saturated carbocycles. The van der Waals surface area contributed by atoms with Crippen molar-refractivity contribution in [3.05, 3.63) is 265 Å². The maximum Gasteiger partial charge on any atom is 0.143 e. The molecule has 0 aliphatic carbocycles. The first kappa shape index (κ1) is 46.0. The minimum Gasteiger partial charge on any atom is -0.455 e. The van der Waals surface area contributed by atoms with Crippen LogP contribution in [-0.2, 0) is 0 Å². The molecular weight excluding hydrogens is 973 g/mol. The SMILES string of the molecule is Cc1cc(-c2cccc3c2oc2cc4ccccc4cc23)cc(C)c1N(c1ccccc1)c1ccc2ccc3c(N(c4ccccc4)c4c(C)cc(-c5cccc6c5oc5cc7ccccc7cc56)cc4C)ccc4ccc1c2c43. The zero-order chi connectivity index (χ0) is 53.3. The number of anilines is 6. The summed E-state index contributed by atoms with van der Waals surface area (Å²) in [6.07, 6.45) is 0. The van der Waals surface area contributed by atoms with Crippen LogP contribution in [0.2, 0.25) is 0 Å². The molecule has 16 rings (SSSR count). The number of hydrogen-bond acceptors (Lipinski definition) is 4. The van der Waals surface area contributed by atoms with Gasteiger partial charge in [0.15, 0.2) is 0 Å². The maximum absolute atomic E-state index is 6.77. The first-order chi connectivity index (χ1) is 39.3. The van der Waals surface area contributed by atoms with Crippen LogP contribution in [-0.4, -0.2) is 0 Å². The highest BCUT2D eigenvalue weighted by atomic mass is 16.3. The van der Waals surface area contributed by atoms with Crippen molar-refractivity contribution >= 4 is 132 Å². The lowest BCUT2D eigenvalue weighted by molar-refractivity contribution is 0.670.